The number of nitrogens with zero attached hydrogens (tertiary/aromatic N) is 5. The van der Waals surface area contributed by atoms with Crippen LogP contribution in [0.15, 0.2) is 29.7 Å². The second kappa shape index (κ2) is 6.77. The van der Waals surface area contributed by atoms with Gasteiger partial charge in [-0.05, 0) is 13.8 Å². The van der Waals surface area contributed by atoms with Gasteiger partial charge in [0.2, 0.25) is 11.8 Å². The Morgan fingerprint density at radius 3 is 2.92 bits per heavy atom. The summed E-state index contributed by atoms with van der Waals surface area (Å²) in [5.41, 5.74) is 1.07. The molecule has 24 heavy (non-hydrogen) atoms. The molecule has 1 atom stereocenters. The highest BCUT2D eigenvalue weighted by molar-refractivity contribution is 5.76. The van der Waals surface area contributed by atoms with Gasteiger partial charge in [-0.1, -0.05) is 0 Å². The third-order valence-corrected chi connectivity index (χ3v) is 4.15. The first-order valence-electron chi connectivity index (χ1n) is 7.77. The summed E-state index contributed by atoms with van der Waals surface area (Å²) in [4.78, 5) is 38.4. The molecule has 2 aromatic rings. The van der Waals surface area contributed by atoms with Gasteiger partial charge in [-0.3, -0.25) is 19.1 Å². The summed E-state index contributed by atoms with van der Waals surface area (Å²) in [7, 11) is 0. The third-order valence-electron chi connectivity index (χ3n) is 4.15. The van der Waals surface area contributed by atoms with E-state index in [0.717, 1.165) is 6.42 Å². The Hall–Kier alpha value is -2.77. The molecule has 0 N–H and O–H groups in total. The number of aromatic nitrogens is 4. The van der Waals surface area contributed by atoms with Crippen molar-refractivity contribution in [2.45, 2.75) is 32.9 Å². The molecule has 8 heteroatoms. The number of hydrogen-bond donors (Lipinski definition) is 0. The van der Waals surface area contributed by atoms with Crippen LogP contribution < -0.4 is 10.3 Å². The molecule has 8 nitrogen and oxygen atoms in total. The van der Waals surface area contributed by atoms with Gasteiger partial charge < -0.3 is 9.64 Å². The Morgan fingerprint density at radius 2 is 2.17 bits per heavy atom. The summed E-state index contributed by atoms with van der Waals surface area (Å²) in [6.07, 6.45) is 6.72. The van der Waals surface area contributed by atoms with Gasteiger partial charge >= 0.3 is 0 Å². The zero-order valence-corrected chi connectivity index (χ0v) is 13.7. The molecule has 1 aliphatic heterocycles. The van der Waals surface area contributed by atoms with E-state index in [1.807, 2.05) is 0 Å². The molecule has 1 fully saturated rings. The van der Waals surface area contributed by atoms with E-state index < -0.39 is 0 Å². The smallest absolute Gasteiger partial charge is 0.256 e. The van der Waals surface area contributed by atoms with Crippen LogP contribution in [0.25, 0.3) is 0 Å². The quantitative estimate of drug-likeness (QED) is 0.803. The Balaban J connectivity index is 1.61. The molecule has 0 bridgehead atoms. The van der Waals surface area contributed by atoms with Crippen molar-refractivity contribution in [1.82, 2.24) is 24.4 Å². The Morgan fingerprint density at radius 1 is 1.33 bits per heavy atom. The Bertz CT molecular complexity index is 790. The maximum atomic E-state index is 12.4. The summed E-state index contributed by atoms with van der Waals surface area (Å²) in [5.74, 6) is 0.332. The number of hydrogen-bond acceptors (Lipinski definition) is 6. The van der Waals surface area contributed by atoms with Crippen molar-refractivity contribution in [2.24, 2.45) is 0 Å². The number of rotatable bonds is 4. The van der Waals surface area contributed by atoms with Crippen molar-refractivity contribution in [3.8, 4) is 5.88 Å². The van der Waals surface area contributed by atoms with Crippen LogP contribution in [0.4, 0.5) is 0 Å². The van der Waals surface area contributed by atoms with Crippen molar-refractivity contribution >= 4 is 5.91 Å². The minimum atomic E-state index is -0.178. The lowest BCUT2D eigenvalue weighted by Gasteiger charge is -2.17. The zero-order valence-electron chi connectivity index (χ0n) is 13.7. The van der Waals surface area contributed by atoms with Crippen LogP contribution in [-0.4, -0.2) is 49.5 Å². The molecular weight excluding hydrogens is 310 g/mol. The van der Waals surface area contributed by atoms with E-state index in [0.29, 0.717) is 30.2 Å². The van der Waals surface area contributed by atoms with Crippen LogP contribution in [-0.2, 0) is 11.3 Å². The molecule has 1 amide bonds. The summed E-state index contributed by atoms with van der Waals surface area (Å²) >= 11 is 0. The Labute approximate surface area is 139 Å². The fourth-order valence-corrected chi connectivity index (χ4v) is 2.60. The van der Waals surface area contributed by atoms with Gasteiger partial charge in [0.05, 0.1) is 19.1 Å². The predicted octanol–water partition coefficient (Wildman–Crippen LogP) is 0.330. The van der Waals surface area contributed by atoms with Crippen LogP contribution in [0.2, 0.25) is 0 Å². The lowest BCUT2D eigenvalue weighted by atomic mass is 10.3. The number of carbonyl (C=O) groups is 1. The van der Waals surface area contributed by atoms with Crippen molar-refractivity contribution in [3.63, 3.8) is 0 Å². The number of aryl methyl sites for hydroxylation is 1. The van der Waals surface area contributed by atoms with Gasteiger partial charge in [0.1, 0.15) is 12.6 Å². The maximum absolute atomic E-state index is 12.4. The summed E-state index contributed by atoms with van der Waals surface area (Å²) in [6.45, 7) is 4.55. The van der Waals surface area contributed by atoms with Crippen molar-refractivity contribution in [1.29, 1.82) is 0 Å². The predicted molar refractivity (Wildman–Crippen MR) is 85.6 cm³/mol. The molecule has 2 aromatic heterocycles. The average molecular weight is 329 g/mol. The van der Waals surface area contributed by atoms with Crippen molar-refractivity contribution in [2.75, 3.05) is 13.1 Å². The van der Waals surface area contributed by atoms with Crippen molar-refractivity contribution in [3.05, 3.63) is 46.5 Å². The first-order chi connectivity index (χ1) is 11.5. The van der Waals surface area contributed by atoms with E-state index in [2.05, 4.69) is 15.0 Å². The third kappa shape index (κ3) is 3.42. The van der Waals surface area contributed by atoms with Gasteiger partial charge in [0.15, 0.2) is 0 Å². The number of carbonyl (C=O) groups excluding carboxylic acids is 1. The number of ether oxygens (including phenoxy) is 1. The highest BCUT2D eigenvalue weighted by Crippen LogP contribution is 2.15. The normalized spacial score (nSPS) is 17.1. The fourth-order valence-electron chi connectivity index (χ4n) is 2.60. The second-order valence-corrected chi connectivity index (χ2v) is 5.80. The van der Waals surface area contributed by atoms with Crippen LogP contribution in [0.3, 0.4) is 0 Å². The van der Waals surface area contributed by atoms with E-state index >= 15 is 0 Å². The highest BCUT2D eigenvalue weighted by Gasteiger charge is 2.28. The average Bonchev–Trinajstić information content (AvgIpc) is 3.05. The van der Waals surface area contributed by atoms with Crippen LogP contribution in [0.1, 0.15) is 17.7 Å². The molecule has 126 valence electrons. The molecule has 0 spiro atoms. The first-order valence-corrected chi connectivity index (χ1v) is 7.77. The molecule has 1 saturated heterocycles. The van der Waals surface area contributed by atoms with E-state index in [-0.39, 0.29) is 24.1 Å². The largest absolute Gasteiger partial charge is 0.471 e. The molecule has 1 aliphatic rings. The van der Waals surface area contributed by atoms with Gasteiger partial charge in [-0.2, -0.15) is 0 Å². The zero-order chi connectivity index (χ0) is 17.1. The maximum Gasteiger partial charge on any atom is 0.256 e. The van der Waals surface area contributed by atoms with Gasteiger partial charge in [0, 0.05) is 36.6 Å². The molecule has 0 aromatic carbocycles. The minimum Gasteiger partial charge on any atom is -0.471 e. The van der Waals surface area contributed by atoms with Gasteiger partial charge in [-0.25, -0.2) is 9.97 Å². The van der Waals surface area contributed by atoms with E-state index in [1.54, 1.807) is 37.3 Å². The van der Waals surface area contributed by atoms with Crippen molar-refractivity contribution < 1.29 is 9.53 Å². The SMILES string of the molecule is Cc1ncn(CC(=O)N2CC[C@@H](Oc3cnccn3)C2)c(=O)c1C. The van der Waals surface area contributed by atoms with Gasteiger partial charge in [-0.15, -0.1) is 0 Å². The minimum absolute atomic E-state index is 0.00911. The standard InChI is InChI=1S/C16H19N5O3/c1-11-12(2)19-10-21(16(11)23)9-15(22)20-6-3-13(8-20)24-14-7-17-4-5-18-14/h4-5,7,10,13H,3,6,8-9H2,1-2H3/t13-/m1/s1. The summed E-state index contributed by atoms with van der Waals surface area (Å²) in [6, 6.07) is 0. The molecule has 0 aliphatic carbocycles. The lowest BCUT2D eigenvalue weighted by molar-refractivity contribution is -0.131. The monoisotopic (exact) mass is 329 g/mol. The number of likely N-dealkylation sites (tertiary alicyclic amines) is 1. The van der Waals surface area contributed by atoms with E-state index in [9.17, 15) is 9.59 Å². The summed E-state index contributed by atoms with van der Waals surface area (Å²) < 4.78 is 7.06. The van der Waals surface area contributed by atoms with E-state index in [1.165, 1.54) is 10.9 Å². The summed E-state index contributed by atoms with van der Waals surface area (Å²) in [5, 5.41) is 0. The molecular formula is C16H19N5O3. The Kier molecular flexibility index (Phi) is 4.54. The fraction of sp³-hybridized carbons (Fsp3) is 0.438. The highest BCUT2D eigenvalue weighted by atomic mass is 16.5. The lowest BCUT2D eigenvalue weighted by Crippen LogP contribution is -2.36. The van der Waals surface area contributed by atoms with Crippen LogP contribution >= 0.6 is 0 Å². The van der Waals surface area contributed by atoms with Gasteiger partial charge in [0.25, 0.3) is 5.56 Å². The topological polar surface area (TPSA) is 90.2 Å². The second-order valence-electron chi connectivity index (χ2n) is 5.80. The molecule has 0 unspecified atom stereocenters. The molecule has 0 saturated carbocycles. The molecule has 3 heterocycles. The molecule has 0 radical (unpaired) electrons. The first kappa shape index (κ1) is 16.1. The van der Waals surface area contributed by atoms with Crippen LogP contribution in [0.5, 0.6) is 5.88 Å². The number of amides is 1. The van der Waals surface area contributed by atoms with Crippen LogP contribution in [0, 0.1) is 13.8 Å². The van der Waals surface area contributed by atoms with E-state index in [4.69, 9.17) is 4.74 Å². The molecule has 3 rings (SSSR count).